The van der Waals surface area contributed by atoms with Crippen LogP contribution in [0.5, 0.6) is 0 Å². The molecule has 1 amide bonds. The Labute approximate surface area is 95.3 Å². The van der Waals surface area contributed by atoms with Gasteiger partial charge in [0, 0.05) is 29.6 Å². The van der Waals surface area contributed by atoms with Crippen molar-refractivity contribution in [2.45, 2.75) is 20.3 Å². The van der Waals surface area contributed by atoms with Crippen LogP contribution < -0.4 is 5.32 Å². The summed E-state index contributed by atoms with van der Waals surface area (Å²) < 4.78 is 0. The Morgan fingerprint density at radius 1 is 1.56 bits per heavy atom. The van der Waals surface area contributed by atoms with Crippen LogP contribution in [0.4, 0.5) is 0 Å². The van der Waals surface area contributed by atoms with Crippen LogP contribution in [0.3, 0.4) is 0 Å². The number of hydrogen-bond acceptors (Lipinski definition) is 1. The third kappa shape index (κ3) is 1.48. The van der Waals surface area contributed by atoms with E-state index in [1.165, 1.54) is 5.56 Å². The number of hydrogen-bond donors (Lipinski definition) is 2. The van der Waals surface area contributed by atoms with Crippen LogP contribution in [-0.2, 0) is 11.2 Å². The zero-order chi connectivity index (χ0) is 11.7. The second-order valence-electron chi connectivity index (χ2n) is 3.99. The SMILES string of the molecule is C=Cc1[nH]cc(C2=C(C)CNC2=O)c1CC. The third-order valence-corrected chi connectivity index (χ3v) is 3.02. The summed E-state index contributed by atoms with van der Waals surface area (Å²) in [5.41, 5.74) is 5.12. The molecule has 0 unspecified atom stereocenters. The molecule has 1 aliphatic rings. The zero-order valence-corrected chi connectivity index (χ0v) is 9.68. The highest BCUT2D eigenvalue weighted by molar-refractivity contribution is 6.23. The Morgan fingerprint density at radius 2 is 2.31 bits per heavy atom. The van der Waals surface area contributed by atoms with Crippen LogP contribution in [0, 0.1) is 0 Å². The number of carbonyl (C=O) groups is 1. The van der Waals surface area contributed by atoms with E-state index in [9.17, 15) is 4.79 Å². The van der Waals surface area contributed by atoms with Gasteiger partial charge in [0.1, 0.15) is 0 Å². The Bertz CT molecular complexity index is 480. The van der Waals surface area contributed by atoms with Crippen molar-refractivity contribution >= 4 is 17.6 Å². The van der Waals surface area contributed by atoms with Crippen molar-refractivity contribution in [2.75, 3.05) is 6.54 Å². The highest BCUT2D eigenvalue weighted by Gasteiger charge is 2.24. The number of amides is 1. The zero-order valence-electron chi connectivity index (χ0n) is 9.68. The summed E-state index contributed by atoms with van der Waals surface area (Å²) in [4.78, 5) is 14.9. The van der Waals surface area contributed by atoms with Gasteiger partial charge in [-0.3, -0.25) is 4.79 Å². The fourth-order valence-corrected chi connectivity index (χ4v) is 2.19. The molecule has 0 saturated carbocycles. The van der Waals surface area contributed by atoms with E-state index in [0.29, 0.717) is 6.54 Å². The lowest BCUT2D eigenvalue weighted by molar-refractivity contribution is -0.114. The maximum Gasteiger partial charge on any atom is 0.252 e. The highest BCUT2D eigenvalue weighted by atomic mass is 16.1. The second-order valence-corrected chi connectivity index (χ2v) is 3.99. The lowest BCUT2D eigenvalue weighted by Crippen LogP contribution is -2.17. The van der Waals surface area contributed by atoms with Crippen molar-refractivity contribution in [2.24, 2.45) is 0 Å². The number of H-pyrrole nitrogens is 1. The minimum absolute atomic E-state index is 0.0295. The molecule has 2 heterocycles. The smallest absolute Gasteiger partial charge is 0.252 e. The minimum Gasteiger partial charge on any atom is -0.361 e. The lowest BCUT2D eigenvalue weighted by Gasteiger charge is -2.03. The van der Waals surface area contributed by atoms with Crippen molar-refractivity contribution in [3.8, 4) is 0 Å². The van der Waals surface area contributed by atoms with E-state index in [4.69, 9.17) is 0 Å². The molecule has 0 fully saturated rings. The van der Waals surface area contributed by atoms with Gasteiger partial charge in [-0.05, 0) is 30.6 Å². The van der Waals surface area contributed by atoms with Gasteiger partial charge < -0.3 is 10.3 Å². The fourth-order valence-electron chi connectivity index (χ4n) is 2.19. The molecule has 0 bridgehead atoms. The number of nitrogens with one attached hydrogen (secondary N) is 2. The summed E-state index contributed by atoms with van der Waals surface area (Å²) in [5, 5.41) is 2.84. The molecule has 0 spiro atoms. The third-order valence-electron chi connectivity index (χ3n) is 3.02. The molecule has 1 aromatic heterocycles. The van der Waals surface area contributed by atoms with E-state index in [2.05, 4.69) is 23.8 Å². The Morgan fingerprint density at radius 3 is 2.81 bits per heavy atom. The Balaban J connectivity index is 2.56. The average Bonchev–Trinajstić information content (AvgIpc) is 2.82. The highest BCUT2D eigenvalue weighted by Crippen LogP contribution is 2.28. The van der Waals surface area contributed by atoms with Gasteiger partial charge >= 0.3 is 0 Å². The van der Waals surface area contributed by atoms with Gasteiger partial charge in [0.05, 0.1) is 0 Å². The molecule has 0 aromatic carbocycles. The van der Waals surface area contributed by atoms with Gasteiger partial charge in [-0.2, -0.15) is 0 Å². The Hall–Kier alpha value is -1.77. The quantitative estimate of drug-likeness (QED) is 0.798. The summed E-state index contributed by atoms with van der Waals surface area (Å²) >= 11 is 0. The number of aromatic nitrogens is 1. The second kappa shape index (κ2) is 4.00. The van der Waals surface area contributed by atoms with Crippen LogP contribution in [0.1, 0.15) is 30.7 Å². The molecular formula is C13H16N2O. The summed E-state index contributed by atoms with van der Waals surface area (Å²) in [5.74, 6) is 0.0295. The van der Waals surface area contributed by atoms with Crippen LogP contribution in [0.2, 0.25) is 0 Å². The first-order chi connectivity index (χ1) is 7.69. The predicted octanol–water partition coefficient (Wildman–Crippen LogP) is 2.12. The van der Waals surface area contributed by atoms with Crippen molar-refractivity contribution < 1.29 is 4.79 Å². The van der Waals surface area contributed by atoms with E-state index < -0.39 is 0 Å². The molecule has 1 aliphatic heterocycles. The molecular weight excluding hydrogens is 200 g/mol. The molecule has 1 aromatic rings. The largest absolute Gasteiger partial charge is 0.361 e. The molecule has 2 rings (SSSR count). The molecule has 16 heavy (non-hydrogen) atoms. The monoisotopic (exact) mass is 216 g/mol. The predicted molar refractivity (Wildman–Crippen MR) is 65.9 cm³/mol. The molecule has 2 N–H and O–H groups in total. The average molecular weight is 216 g/mol. The summed E-state index contributed by atoms with van der Waals surface area (Å²) in [7, 11) is 0. The van der Waals surface area contributed by atoms with Crippen molar-refractivity contribution in [1.82, 2.24) is 10.3 Å². The molecule has 0 aliphatic carbocycles. The standard InChI is InChI=1S/C13H16N2O/c1-4-9-10(7-14-11(9)5-2)12-8(3)6-15-13(12)16/h5,7,14H,2,4,6H2,1,3H3,(H,15,16). The summed E-state index contributed by atoms with van der Waals surface area (Å²) in [6.45, 7) is 8.51. The van der Waals surface area contributed by atoms with E-state index in [-0.39, 0.29) is 5.91 Å². The molecule has 0 saturated heterocycles. The summed E-state index contributed by atoms with van der Waals surface area (Å²) in [6.07, 6.45) is 4.59. The minimum atomic E-state index is 0.0295. The van der Waals surface area contributed by atoms with E-state index in [0.717, 1.165) is 28.8 Å². The molecule has 0 radical (unpaired) electrons. The van der Waals surface area contributed by atoms with Crippen LogP contribution >= 0.6 is 0 Å². The number of aromatic amines is 1. The van der Waals surface area contributed by atoms with Crippen LogP contribution in [0.15, 0.2) is 18.3 Å². The normalized spacial score (nSPS) is 15.5. The van der Waals surface area contributed by atoms with Crippen LogP contribution in [0.25, 0.3) is 11.6 Å². The van der Waals surface area contributed by atoms with Crippen molar-refractivity contribution in [3.05, 3.63) is 35.2 Å². The topological polar surface area (TPSA) is 44.9 Å². The maximum atomic E-state index is 11.7. The summed E-state index contributed by atoms with van der Waals surface area (Å²) in [6, 6.07) is 0. The van der Waals surface area contributed by atoms with Crippen molar-refractivity contribution in [1.29, 1.82) is 0 Å². The van der Waals surface area contributed by atoms with Gasteiger partial charge in [-0.15, -0.1) is 0 Å². The van der Waals surface area contributed by atoms with Gasteiger partial charge in [0.15, 0.2) is 0 Å². The first-order valence-corrected chi connectivity index (χ1v) is 5.50. The van der Waals surface area contributed by atoms with E-state index >= 15 is 0 Å². The van der Waals surface area contributed by atoms with Gasteiger partial charge in [0.25, 0.3) is 5.91 Å². The first-order valence-electron chi connectivity index (χ1n) is 5.50. The fraction of sp³-hybridized carbons (Fsp3) is 0.308. The lowest BCUT2D eigenvalue weighted by atomic mass is 9.98. The van der Waals surface area contributed by atoms with Gasteiger partial charge in [-0.1, -0.05) is 13.5 Å². The molecule has 0 atom stereocenters. The molecule has 3 heteroatoms. The van der Waals surface area contributed by atoms with Crippen molar-refractivity contribution in [3.63, 3.8) is 0 Å². The van der Waals surface area contributed by atoms with Gasteiger partial charge in [0.2, 0.25) is 0 Å². The van der Waals surface area contributed by atoms with E-state index in [1.807, 2.05) is 13.1 Å². The number of carbonyl (C=O) groups excluding carboxylic acids is 1. The molecule has 84 valence electrons. The first kappa shape index (κ1) is 10.7. The molecule has 3 nitrogen and oxygen atoms in total. The van der Waals surface area contributed by atoms with Gasteiger partial charge in [-0.25, -0.2) is 0 Å². The maximum absolute atomic E-state index is 11.7. The Kier molecular flexibility index (Phi) is 2.69. The number of rotatable bonds is 3. The van der Waals surface area contributed by atoms with Crippen LogP contribution in [-0.4, -0.2) is 17.4 Å². The van der Waals surface area contributed by atoms with E-state index in [1.54, 1.807) is 6.08 Å².